The van der Waals surface area contributed by atoms with E-state index in [4.69, 9.17) is 0 Å². The van der Waals surface area contributed by atoms with E-state index in [1.54, 1.807) is 36.4 Å². The van der Waals surface area contributed by atoms with E-state index < -0.39 is 25.9 Å². The second kappa shape index (κ2) is 8.66. The molecule has 0 spiro atoms. The second-order valence-electron chi connectivity index (χ2n) is 6.19. The molecule has 0 aliphatic rings. The van der Waals surface area contributed by atoms with Gasteiger partial charge in [0, 0.05) is 23.4 Å². The Balaban J connectivity index is 1.92. The summed E-state index contributed by atoms with van der Waals surface area (Å²) in [5.74, 6) is -0.490. The Morgan fingerprint density at radius 1 is 0.933 bits per heavy atom. The number of nitrogens with one attached hydrogen (secondary N) is 1. The first-order valence-corrected chi connectivity index (χ1v) is 10.00. The number of hydrogen-bond acceptors (Lipinski definition) is 5. The van der Waals surface area contributed by atoms with Gasteiger partial charge in [-0.15, -0.1) is 3.89 Å². The lowest BCUT2D eigenvalue weighted by atomic mass is 10.0. The minimum absolute atomic E-state index is 0.0687. The molecule has 0 unspecified atom stereocenters. The van der Waals surface area contributed by atoms with Crippen LogP contribution in [0.5, 0.6) is 0 Å². The number of nitro benzene ring substituents is 1. The maximum Gasteiger partial charge on any atom is 0.332 e. The van der Waals surface area contributed by atoms with Gasteiger partial charge in [-0.1, -0.05) is 30.3 Å². The fourth-order valence-electron chi connectivity index (χ4n) is 2.66. The van der Waals surface area contributed by atoms with Gasteiger partial charge >= 0.3 is 10.2 Å². The number of benzene rings is 3. The number of hydrogen-bond donors (Lipinski definition) is 1. The molecule has 0 aliphatic heterocycles. The highest BCUT2D eigenvalue weighted by atomic mass is 32.3. The van der Waals surface area contributed by atoms with Gasteiger partial charge in [0.15, 0.2) is 0 Å². The molecule has 0 heterocycles. The maximum atomic E-state index is 13.0. The van der Waals surface area contributed by atoms with Crippen molar-refractivity contribution in [3.8, 4) is 0 Å². The third-order valence-electron chi connectivity index (χ3n) is 4.14. The molecule has 0 radical (unpaired) electrons. The average molecular weight is 426 g/mol. The zero-order valence-corrected chi connectivity index (χ0v) is 16.2. The lowest BCUT2D eigenvalue weighted by Crippen LogP contribution is -2.13. The molecule has 0 fully saturated rings. The molecule has 3 aromatic rings. The van der Waals surface area contributed by atoms with E-state index in [9.17, 15) is 27.2 Å². The van der Waals surface area contributed by atoms with E-state index in [-0.39, 0.29) is 16.9 Å². The normalized spacial score (nSPS) is 11.7. The summed E-state index contributed by atoms with van der Waals surface area (Å²) in [5.41, 5.74) is 1.68. The Morgan fingerprint density at radius 2 is 1.53 bits per heavy atom. The number of nitro groups is 1. The number of carbonyl (C=O) groups is 1. The first kappa shape index (κ1) is 20.9. The van der Waals surface area contributed by atoms with Crippen molar-refractivity contribution in [1.29, 1.82) is 0 Å². The van der Waals surface area contributed by atoms with E-state index in [1.807, 2.05) is 0 Å². The molecule has 3 aromatic carbocycles. The second-order valence-corrected chi connectivity index (χ2v) is 7.54. The third-order valence-corrected chi connectivity index (χ3v) is 4.97. The van der Waals surface area contributed by atoms with Crippen molar-refractivity contribution in [3.05, 3.63) is 100 Å². The van der Waals surface area contributed by atoms with E-state index in [2.05, 4.69) is 5.32 Å². The number of halogens is 1. The Bertz CT molecular complexity index is 1210. The molecule has 3 rings (SSSR count). The lowest BCUT2D eigenvalue weighted by Gasteiger charge is -2.10. The molecule has 7 nitrogen and oxygen atoms in total. The molecule has 30 heavy (non-hydrogen) atoms. The lowest BCUT2D eigenvalue weighted by molar-refractivity contribution is -0.384. The SMILES string of the molecule is O=C(Nc1ccc(S(=O)(=O)F)cc1)/C(=C/c1ccc([N+](=O)[O-])cc1)c1ccccc1. The monoisotopic (exact) mass is 426 g/mol. The van der Waals surface area contributed by atoms with Crippen molar-refractivity contribution >= 4 is 39.2 Å². The average Bonchev–Trinajstić information content (AvgIpc) is 2.72. The number of amides is 1. The Hall–Kier alpha value is -3.85. The summed E-state index contributed by atoms with van der Waals surface area (Å²) in [6, 6.07) is 19.1. The van der Waals surface area contributed by atoms with Gasteiger partial charge in [0.2, 0.25) is 0 Å². The molecule has 0 aliphatic carbocycles. The third kappa shape index (κ3) is 5.15. The molecule has 1 N–H and O–H groups in total. The number of carbonyl (C=O) groups excluding carboxylic acids is 1. The Labute approximate surface area is 171 Å². The quantitative estimate of drug-likeness (QED) is 0.206. The standard InChI is InChI=1S/C21H15FN2O5S/c22-30(28,29)19-12-8-17(9-13-19)23-21(25)20(16-4-2-1-3-5-16)14-15-6-10-18(11-7-15)24(26)27/h1-14H,(H,23,25)/b20-14+. The molecule has 152 valence electrons. The minimum Gasteiger partial charge on any atom is -0.322 e. The fourth-order valence-corrected chi connectivity index (χ4v) is 3.12. The summed E-state index contributed by atoms with van der Waals surface area (Å²) in [5, 5.41) is 13.5. The van der Waals surface area contributed by atoms with Gasteiger partial charge in [0.05, 0.1) is 9.82 Å². The van der Waals surface area contributed by atoms with Gasteiger partial charge in [-0.3, -0.25) is 14.9 Å². The number of anilines is 1. The van der Waals surface area contributed by atoms with Crippen molar-refractivity contribution in [2.24, 2.45) is 0 Å². The number of nitrogens with zero attached hydrogens (tertiary/aromatic N) is 1. The van der Waals surface area contributed by atoms with Crippen LogP contribution in [0.25, 0.3) is 11.6 Å². The van der Waals surface area contributed by atoms with Crippen LogP contribution in [0.4, 0.5) is 15.3 Å². The van der Waals surface area contributed by atoms with Crippen molar-refractivity contribution in [1.82, 2.24) is 0 Å². The number of rotatable bonds is 6. The Morgan fingerprint density at radius 3 is 2.07 bits per heavy atom. The van der Waals surface area contributed by atoms with E-state index in [0.29, 0.717) is 11.1 Å². The van der Waals surface area contributed by atoms with Crippen LogP contribution in [0, 0.1) is 10.1 Å². The molecule has 0 atom stereocenters. The molecule has 0 saturated heterocycles. The van der Waals surface area contributed by atoms with Gasteiger partial charge in [-0.25, -0.2) is 0 Å². The highest BCUT2D eigenvalue weighted by molar-refractivity contribution is 7.86. The summed E-state index contributed by atoms with van der Waals surface area (Å²) in [6.07, 6.45) is 1.58. The summed E-state index contributed by atoms with van der Waals surface area (Å²) in [6.45, 7) is 0. The fraction of sp³-hybridized carbons (Fsp3) is 0. The van der Waals surface area contributed by atoms with Crippen molar-refractivity contribution in [3.63, 3.8) is 0 Å². The van der Waals surface area contributed by atoms with Crippen LogP contribution in [-0.4, -0.2) is 19.2 Å². The predicted molar refractivity (Wildman–Crippen MR) is 111 cm³/mol. The smallest absolute Gasteiger partial charge is 0.322 e. The molecule has 0 bridgehead atoms. The first-order valence-electron chi connectivity index (χ1n) is 8.62. The molecular formula is C21H15FN2O5S. The van der Waals surface area contributed by atoms with Crippen LogP contribution < -0.4 is 5.32 Å². The predicted octanol–water partition coefficient (Wildman–Crippen LogP) is 4.43. The van der Waals surface area contributed by atoms with Crippen molar-refractivity contribution in [2.45, 2.75) is 4.90 Å². The zero-order valence-electron chi connectivity index (χ0n) is 15.4. The summed E-state index contributed by atoms with van der Waals surface area (Å²) in [4.78, 5) is 22.7. The molecular weight excluding hydrogens is 411 g/mol. The van der Waals surface area contributed by atoms with E-state index in [0.717, 1.165) is 12.1 Å². The largest absolute Gasteiger partial charge is 0.332 e. The molecule has 1 amide bonds. The van der Waals surface area contributed by atoms with Gasteiger partial charge in [0.1, 0.15) is 0 Å². The molecule has 9 heteroatoms. The highest BCUT2D eigenvalue weighted by Gasteiger charge is 2.15. The van der Waals surface area contributed by atoms with Crippen LogP contribution in [0.3, 0.4) is 0 Å². The summed E-state index contributed by atoms with van der Waals surface area (Å²) < 4.78 is 34.9. The minimum atomic E-state index is -4.83. The van der Waals surface area contributed by atoms with Crippen molar-refractivity contribution in [2.75, 3.05) is 5.32 Å². The van der Waals surface area contributed by atoms with Crippen LogP contribution in [0.15, 0.2) is 83.8 Å². The zero-order chi connectivity index (χ0) is 21.7. The van der Waals surface area contributed by atoms with Crippen LogP contribution in [0.1, 0.15) is 11.1 Å². The maximum absolute atomic E-state index is 13.0. The van der Waals surface area contributed by atoms with Gasteiger partial charge in [-0.05, 0) is 53.6 Å². The van der Waals surface area contributed by atoms with Gasteiger partial charge in [0.25, 0.3) is 11.6 Å². The molecule has 0 aromatic heterocycles. The van der Waals surface area contributed by atoms with Crippen molar-refractivity contribution < 1.29 is 22.0 Å². The van der Waals surface area contributed by atoms with Crippen LogP contribution >= 0.6 is 0 Å². The van der Waals surface area contributed by atoms with E-state index in [1.165, 1.54) is 36.4 Å². The van der Waals surface area contributed by atoms with E-state index >= 15 is 0 Å². The topological polar surface area (TPSA) is 106 Å². The van der Waals surface area contributed by atoms with Crippen LogP contribution in [0.2, 0.25) is 0 Å². The molecule has 0 saturated carbocycles. The van der Waals surface area contributed by atoms with Crippen LogP contribution in [-0.2, 0) is 15.0 Å². The number of non-ortho nitro benzene ring substituents is 1. The Kier molecular flexibility index (Phi) is 6.03. The van der Waals surface area contributed by atoms with Gasteiger partial charge < -0.3 is 5.32 Å². The first-order chi connectivity index (χ1) is 14.2. The highest BCUT2D eigenvalue weighted by Crippen LogP contribution is 2.23. The summed E-state index contributed by atoms with van der Waals surface area (Å²) in [7, 11) is -4.83. The van der Waals surface area contributed by atoms with Gasteiger partial charge in [-0.2, -0.15) is 8.42 Å². The summed E-state index contributed by atoms with van der Waals surface area (Å²) >= 11 is 0.